The predicted molar refractivity (Wildman–Crippen MR) is 69.5 cm³/mol. The van der Waals surface area contributed by atoms with Crippen molar-refractivity contribution in [2.75, 3.05) is 33.4 Å². The van der Waals surface area contributed by atoms with Crippen LogP contribution in [0.4, 0.5) is 0 Å². The molecule has 1 saturated heterocycles. The Kier molecular flexibility index (Phi) is 4.58. The Hall–Kier alpha value is -1.10. The average Bonchev–Trinajstić information content (AvgIpc) is 2.41. The van der Waals surface area contributed by atoms with Crippen LogP contribution in [0.2, 0.25) is 5.02 Å². The fourth-order valence-electron chi connectivity index (χ4n) is 2.00. The summed E-state index contributed by atoms with van der Waals surface area (Å²) in [5.41, 5.74) is 1.45. The molecule has 0 unspecified atom stereocenters. The molecule has 0 bridgehead atoms. The second-order valence-corrected chi connectivity index (χ2v) is 4.60. The fraction of sp³-hybridized carbons (Fsp3) is 0.462. The third-order valence-corrected chi connectivity index (χ3v) is 3.38. The molecular formula is C13H16ClNO3. The van der Waals surface area contributed by atoms with Crippen LogP contribution in [0.15, 0.2) is 12.1 Å². The number of rotatable bonds is 4. The van der Waals surface area contributed by atoms with Crippen molar-refractivity contribution in [3.05, 3.63) is 28.3 Å². The molecule has 0 spiro atoms. The lowest BCUT2D eigenvalue weighted by molar-refractivity contribution is 0.0342. The summed E-state index contributed by atoms with van der Waals surface area (Å²) in [5, 5.41) is 0.601. The molecule has 1 aliphatic heterocycles. The van der Waals surface area contributed by atoms with Crippen molar-refractivity contribution in [2.45, 2.75) is 6.54 Å². The van der Waals surface area contributed by atoms with E-state index in [1.165, 1.54) is 0 Å². The molecule has 1 fully saturated rings. The van der Waals surface area contributed by atoms with E-state index in [0.717, 1.165) is 44.7 Å². The number of hydrogen-bond donors (Lipinski definition) is 0. The van der Waals surface area contributed by atoms with Gasteiger partial charge < -0.3 is 9.47 Å². The normalized spacial score (nSPS) is 16.6. The summed E-state index contributed by atoms with van der Waals surface area (Å²) in [6.07, 6.45) is 0.753. The molecule has 0 atom stereocenters. The van der Waals surface area contributed by atoms with Crippen molar-refractivity contribution in [3.8, 4) is 5.75 Å². The highest BCUT2D eigenvalue weighted by Crippen LogP contribution is 2.27. The molecule has 0 N–H and O–H groups in total. The molecule has 98 valence electrons. The maximum Gasteiger partial charge on any atom is 0.153 e. The van der Waals surface area contributed by atoms with E-state index in [0.29, 0.717) is 16.3 Å². The van der Waals surface area contributed by atoms with E-state index in [-0.39, 0.29) is 0 Å². The Morgan fingerprint density at radius 3 is 2.78 bits per heavy atom. The molecule has 0 amide bonds. The van der Waals surface area contributed by atoms with Gasteiger partial charge in [0.15, 0.2) is 6.29 Å². The van der Waals surface area contributed by atoms with Gasteiger partial charge in [-0.05, 0) is 17.7 Å². The predicted octanol–water partition coefficient (Wildman–Crippen LogP) is 1.99. The SMILES string of the molecule is COc1cc(CN2CCOCC2)c(Cl)cc1C=O. The first-order valence-electron chi connectivity index (χ1n) is 5.86. The van der Waals surface area contributed by atoms with E-state index in [1.807, 2.05) is 6.07 Å². The average molecular weight is 270 g/mol. The number of ether oxygens (including phenoxy) is 2. The molecule has 1 aromatic rings. The van der Waals surface area contributed by atoms with Crippen LogP contribution < -0.4 is 4.74 Å². The maximum absolute atomic E-state index is 10.9. The van der Waals surface area contributed by atoms with Gasteiger partial charge in [-0.25, -0.2) is 0 Å². The van der Waals surface area contributed by atoms with Gasteiger partial charge >= 0.3 is 0 Å². The zero-order valence-corrected chi connectivity index (χ0v) is 11.1. The number of aldehydes is 1. The lowest BCUT2D eigenvalue weighted by atomic mass is 10.1. The van der Waals surface area contributed by atoms with Crippen LogP contribution in [-0.4, -0.2) is 44.6 Å². The van der Waals surface area contributed by atoms with Gasteiger partial charge in [0.2, 0.25) is 0 Å². The topological polar surface area (TPSA) is 38.8 Å². The monoisotopic (exact) mass is 269 g/mol. The Morgan fingerprint density at radius 2 is 2.17 bits per heavy atom. The lowest BCUT2D eigenvalue weighted by Gasteiger charge is -2.27. The van der Waals surface area contributed by atoms with Crippen LogP contribution in [0.25, 0.3) is 0 Å². The number of hydrogen-bond acceptors (Lipinski definition) is 4. The maximum atomic E-state index is 10.9. The van der Waals surface area contributed by atoms with Crippen molar-refractivity contribution in [1.29, 1.82) is 0 Å². The summed E-state index contributed by atoms with van der Waals surface area (Å²) < 4.78 is 10.5. The molecule has 0 radical (unpaired) electrons. The number of halogens is 1. The van der Waals surface area contributed by atoms with Crippen molar-refractivity contribution in [3.63, 3.8) is 0 Å². The summed E-state index contributed by atoms with van der Waals surface area (Å²) in [6.45, 7) is 4.04. The third kappa shape index (κ3) is 3.02. The van der Waals surface area contributed by atoms with Gasteiger partial charge in [-0.15, -0.1) is 0 Å². The standard InChI is InChI=1S/C13H16ClNO3/c1-17-13-7-10(12(14)6-11(13)9-16)8-15-2-4-18-5-3-15/h6-7,9H,2-5,8H2,1H3. The van der Waals surface area contributed by atoms with Gasteiger partial charge in [-0.2, -0.15) is 0 Å². The minimum Gasteiger partial charge on any atom is -0.496 e. The smallest absolute Gasteiger partial charge is 0.153 e. The number of nitrogens with zero attached hydrogens (tertiary/aromatic N) is 1. The summed E-state index contributed by atoms with van der Waals surface area (Å²) in [5.74, 6) is 0.567. The molecule has 0 saturated carbocycles. The minimum atomic E-state index is 0.480. The van der Waals surface area contributed by atoms with E-state index in [2.05, 4.69) is 4.90 Å². The molecule has 0 aliphatic carbocycles. The van der Waals surface area contributed by atoms with E-state index < -0.39 is 0 Å². The Bertz CT molecular complexity index is 430. The van der Waals surface area contributed by atoms with Crippen LogP contribution in [0.3, 0.4) is 0 Å². The van der Waals surface area contributed by atoms with Crippen molar-refractivity contribution in [1.82, 2.24) is 4.90 Å². The van der Waals surface area contributed by atoms with Crippen LogP contribution in [0.1, 0.15) is 15.9 Å². The third-order valence-electron chi connectivity index (χ3n) is 3.02. The van der Waals surface area contributed by atoms with Crippen LogP contribution in [-0.2, 0) is 11.3 Å². The zero-order valence-electron chi connectivity index (χ0n) is 10.3. The van der Waals surface area contributed by atoms with E-state index >= 15 is 0 Å². The van der Waals surface area contributed by atoms with Gasteiger partial charge in [0.1, 0.15) is 5.75 Å². The largest absolute Gasteiger partial charge is 0.496 e. The fourth-order valence-corrected chi connectivity index (χ4v) is 2.23. The first-order chi connectivity index (χ1) is 8.74. The summed E-state index contributed by atoms with van der Waals surface area (Å²) >= 11 is 6.18. The van der Waals surface area contributed by atoms with Crippen molar-refractivity contribution < 1.29 is 14.3 Å². The lowest BCUT2D eigenvalue weighted by Crippen LogP contribution is -2.35. The number of morpholine rings is 1. The van der Waals surface area contributed by atoms with E-state index in [4.69, 9.17) is 21.1 Å². The molecule has 1 heterocycles. The van der Waals surface area contributed by atoms with Gasteiger partial charge in [-0.3, -0.25) is 9.69 Å². The molecule has 2 rings (SSSR count). The summed E-state index contributed by atoms with van der Waals surface area (Å²) in [7, 11) is 1.55. The number of carbonyl (C=O) groups is 1. The number of carbonyl (C=O) groups excluding carboxylic acids is 1. The first kappa shape index (κ1) is 13.3. The second kappa shape index (κ2) is 6.18. The Balaban J connectivity index is 2.18. The van der Waals surface area contributed by atoms with E-state index in [1.54, 1.807) is 13.2 Å². The Morgan fingerprint density at radius 1 is 1.44 bits per heavy atom. The van der Waals surface area contributed by atoms with E-state index in [9.17, 15) is 4.79 Å². The van der Waals surface area contributed by atoms with Crippen molar-refractivity contribution >= 4 is 17.9 Å². The summed E-state index contributed by atoms with van der Waals surface area (Å²) in [6, 6.07) is 3.49. The molecule has 5 heteroatoms. The molecule has 18 heavy (non-hydrogen) atoms. The highest BCUT2D eigenvalue weighted by molar-refractivity contribution is 6.31. The quantitative estimate of drug-likeness (QED) is 0.784. The first-order valence-corrected chi connectivity index (χ1v) is 6.24. The van der Waals surface area contributed by atoms with Crippen molar-refractivity contribution in [2.24, 2.45) is 0 Å². The zero-order chi connectivity index (χ0) is 13.0. The number of methoxy groups -OCH3 is 1. The highest BCUT2D eigenvalue weighted by atomic mass is 35.5. The minimum absolute atomic E-state index is 0.480. The van der Waals surface area contributed by atoms with Crippen LogP contribution in [0, 0.1) is 0 Å². The van der Waals surface area contributed by atoms with Gasteiger partial charge in [0.25, 0.3) is 0 Å². The Labute approximate surface area is 111 Å². The molecule has 4 nitrogen and oxygen atoms in total. The molecular weight excluding hydrogens is 254 g/mol. The molecule has 1 aliphatic rings. The van der Waals surface area contributed by atoms with Crippen LogP contribution >= 0.6 is 11.6 Å². The van der Waals surface area contributed by atoms with Gasteiger partial charge in [0, 0.05) is 24.7 Å². The van der Waals surface area contributed by atoms with Gasteiger partial charge in [0.05, 0.1) is 25.9 Å². The second-order valence-electron chi connectivity index (χ2n) is 4.19. The summed E-state index contributed by atoms with van der Waals surface area (Å²) in [4.78, 5) is 13.1. The van der Waals surface area contributed by atoms with Gasteiger partial charge in [-0.1, -0.05) is 11.6 Å². The highest BCUT2D eigenvalue weighted by Gasteiger charge is 2.14. The molecule has 1 aromatic carbocycles. The van der Waals surface area contributed by atoms with Crippen LogP contribution in [0.5, 0.6) is 5.75 Å². The molecule has 0 aromatic heterocycles. The number of benzene rings is 1.